The van der Waals surface area contributed by atoms with Gasteiger partial charge < -0.3 is 4.74 Å². The quantitative estimate of drug-likeness (QED) is 0.412. The van der Waals surface area contributed by atoms with Crippen molar-refractivity contribution in [2.24, 2.45) is 5.10 Å². The number of rotatable bonds is 9. The van der Waals surface area contributed by atoms with Gasteiger partial charge in [-0.25, -0.2) is 13.8 Å². The first-order valence-electron chi connectivity index (χ1n) is 9.55. The van der Waals surface area contributed by atoms with E-state index in [1.165, 1.54) is 18.3 Å². The smallest absolute Gasteiger partial charge is 0.255 e. The van der Waals surface area contributed by atoms with E-state index in [2.05, 4.69) is 10.5 Å². The molecule has 160 valence electrons. The summed E-state index contributed by atoms with van der Waals surface area (Å²) in [7, 11) is -2.34. The zero-order valence-corrected chi connectivity index (χ0v) is 17.8. The van der Waals surface area contributed by atoms with Gasteiger partial charge in [0.2, 0.25) is 10.0 Å². The van der Waals surface area contributed by atoms with Crippen LogP contribution in [-0.2, 0) is 21.4 Å². The topological polar surface area (TPSA) is 88.1 Å². The highest BCUT2D eigenvalue weighted by molar-refractivity contribution is 7.89. The molecule has 3 aromatic rings. The number of carbonyl (C=O) groups excluding carboxylic acids is 1. The standard InChI is InChI=1S/C23H23N3O4S/c1-30-22-15-9-8-12-20(22)16-24-25-23(27)18-26(17-19-10-4-2-5-11-19)31(28,29)21-13-6-3-7-14-21/h2-16H,17-18H2,1H3,(H,25,27)/b24-16-. The number of nitrogens with zero attached hydrogens (tertiary/aromatic N) is 2. The Bertz CT molecular complexity index is 1130. The molecule has 0 atom stereocenters. The monoisotopic (exact) mass is 437 g/mol. The lowest BCUT2D eigenvalue weighted by molar-refractivity contribution is -0.121. The first kappa shape index (κ1) is 22.2. The fourth-order valence-electron chi connectivity index (χ4n) is 2.90. The van der Waals surface area contributed by atoms with Crippen LogP contribution in [0.15, 0.2) is 94.9 Å². The van der Waals surface area contributed by atoms with E-state index in [1.54, 1.807) is 37.4 Å². The molecule has 3 rings (SSSR count). The summed E-state index contributed by atoms with van der Waals surface area (Å²) < 4.78 is 32.7. The molecule has 0 saturated carbocycles. The number of benzene rings is 3. The van der Waals surface area contributed by atoms with Crippen LogP contribution in [0.5, 0.6) is 5.75 Å². The number of amides is 1. The van der Waals surface area contributed by atoms with Gasteiger partial charge in [-0.15, -0.1) is 0 Å². The molecule has 1 N–H and O–H groups in total. The molecule has 8 heteroatoms. The first-order chi connectivity index (χ1) is 15.0. The SMILES string of the molecule is COc1ccccc1/C=N\NC(=O)CN(Cc1ccccc1)S(=O)(=O)c1ccccc1. The summed E-state index contributed by atoms with van der Waals surface area (Å²) in [5.41, 5.74) is 3.85. The van der Waals surface area contributed by atoms with Gasteiger partial charge in [-0.05, 0) is 29.8 Å². The molecule has 0 radical (unpaired) electrons. The van der Waals surface area contributed by atoms with Gasteiger partial charge in [0.1, 0.15) is 5.75 Å². The molecule has 1 amide bonds. The minimum Gasteiger partial charge on any atom is -0.496 e. The van der Waals surface area contributed by atoms with Gasteiger partial charge >= 0.3 is 0 Å². The summed E-state index contributed by atoms with van der Waals surface area (Å²) >= 11 is 0. The largest absolute Gasteiger partial charge is 0.496 e. The Morgan fingerprint density at radius 2 is 1.58 bits per heavy atom. The maximum atomic E-state index is 13.1. The molecule has 0 unspecified atom stereocenters. The van der Waals surface area contributed by atoms with Crippen LogP contribution in [0.3, 0.4) is 0 Å². The second-order valence-corrected chi connectivity index (χ2v) is 8.54. The summed E-state index contributed by atoms with van der Waals surface area (Å²) in [4.78, 5) is 12.6. The van der Waals surface area contributed by atoms with Crippen molar-refractivity contribution in [3.63, 3.8) is 0 Å². The van der Waals surface area contributed by atoms with Crippen molar-refractivity contribution in [1.82, 2.24) is 9.73 Å². The zero-order chi connectivity index (χ0) is 22.1. The number of methoxy groups -OCH3 is 1. The molecule has 0 spiro atoms. The van der Waals surface area contributed by atoms with Crippen molar-refractivity contribution >= 4 is 22.1 Å². The van der Waals surface area contributed by atoms with E-state index in [9.17, 15) is 13.2 Å². The van der Waals surface area contributed by atoms with E-state index in [0.29, 0.717) is 11.3 Å². The van der Waals surface area contributed by atoms with Crippen molar-refractivity contribution in [3.05, 3.63) is 96.1 Å². The number of nitrogens with one attached hydrogen (secondary N) is 1. The molecule has 3 aromatic carbocycles. The second kappa shape index (κ2) is 10.5. The first-order valence-corrected chi connectivity index (χ1v) is 11.0. The molecule has 0 aliphatic rings. The molecule has 0 bridgehead atoms. The van der Waals surface area contributed by atoms with Gasteiger partial charge in [-0.1, -0.05) is 60.7 Å². The van der Waals surface area contributed by atoms with Crippen LogP contribution in [0.25, 0.3) is 0 Å². The molecule has 0 heterocycles. The van der Waals surface area contributed by atoms with Crippen molar-refractivity contribution in [2.45, 2.75) is 11.4 Å². The van der Waals surface area contributed by atoms with E-state index < -0.39 is 15.9 Å². The highest BCUT2D eigenvalue weighted by atomic mass is 32.2. The fourth-order valence-corrected chi connectivity index (χ4v) is 4.30. The minimum absolute atomic E-state index is 0.0573. The average Bonchev–Trinajstić information content (AvgIpc) is 2.80. The van der Waals surface area contributed by atoms with Gasteiger partial charge in [0.15, 0.2) is 0 Å². The maximum Gasteiger partial charge on any atom is 0.255 e. The fraction of sp³-hybridized carbons (Fsp3) is 0.130. The Kier molecular flexibility index (Phi) is 7.53. The molecule has 7 nitrogen and oxygen atoms in total. The van der Waals surface area contributed by atoms with Crippen molar-refractivity contribution < 1.29 is 17.9 Å². The second-order valence-electron chi connectivity index (χ2n) is 6.61. The third-order valence-corrected chi connectivity index (χ3v) is 6.24. The normalized spacial score (nSPS) is 11.5. The Labute approximate surface area is 182 Å². The average molecular weight is 438 g/mol. The van der Waals surface area contributed by atoms with Crippen LogP contribution in [0, 0.1) is 0 Å². The Morgan fingerprint density at radius 3 is 2.26 bits per heavy atom. The van der Waals surface area contributed by atoms with Gasteiger partial charge in [-0.3, -0.25) is 4.79 Å². The van der Waals surface area contributed by atoms with Crippen LogP contribution >= 0.6 is 0 Å². The highest BCUT2D eigenvalue weighted by Crippen LogP contribution is 2.18. The summed E-state index contributed by atoms with van der Waals surface area (Å²) in [5.74, 6) is 0.0550. The van der Waals surface area contributed by atoms with Crippen LogP contribution in [-0.4, -0.2) is 38.5 Å². The molecular formula is C23H23N3O4S. The number of hydrogen-bond acceptors (Lipinski definition) is 5. The predicted molar refractivity (Wildman–Crippen MR) is 119 cm³/mol. The maximum absolute atomic E-state index is 13.1. The lowest BCUT2D eigenvalue weighted by atomic mass is 10.2. The van der Waals surface area contributed by atoms with E-state index in [-0.39, 0.29) is 18.0 Å². The summed E-state index contributed by atoms with van der Waals surface area (Å²) in [5, 5.41) is 3.94. The molecule has 0 aliphatic carbocycles. The summed E-state index contributed by atoms with van der Waals surface area (Å²) in [6.45, 7) is -0.322. The van der Waals surface area contributed by atoms with Crippen LogP contribution < -0.4 is 10.2 Å². The number of sulfonamides is 1. The molecule has 0 fully saturated rings. The Hall–Kier alpha value is -3.49. The zero-order valence-electron chi connectivity index (χ0n) is 17.0. The van der Waals surface area contributed by atoms with E-state index in [4.69, 9.17) is 4.74 Å². The van der Waals surface area contributed by atoms with E-state index in [0.717, 1.165) is 9.87 Å². The molecule has 0 saturated heterocycles. The van der Waals surface area contributed by atoms with Crippen LogP contribution in [0.4, 0.5) is 0 Å². The van der Waals surface area contributed by atoms with Gasteiger partial charge in [0.25, 0.3) is 5.91 Å². The molecule has 31 heavy (non-hydrogen) atoms. The predicted octanol–water partition coefficient (Wildman–Crippen LogP) is 3.04. The lowest BCUT2D eigenvalue weighted by Crippen LogP contribution is -2.39. The van der Waals surface area contributed by atoms with E-state index >= 15 is 0 Å². The van der Waals surface area contributed by atoms with E-state index in [1.807, 2.05) is 42.5 Å². The van der Waals surface area contributed by atoms with Gasteiger partial charge in [-0.2, -0.15) is 9.41 Å². The number of hydrazone groups is 1. The van der Waals surface area contributed by atoms with Gasteiger partial charge in [0, 0.05) is 12.1 Å². The third kappa shape index (κ3) is 6.00. The molecule has 0 aromatic heterocycles. The van der Waals surface area contributed by atoms with Gasteiger partial charge in [0.05, 0.1) is 24.8 Å². The molecular weight excluding hydrogens is 414 g/mol. The minimum atomic E-state index is -3.88. The highest BCUT2D eigenvalue weighted by Gasteiger charge is 2.26. The van der Waals surface area contributed by atoms with Crippen molar-refractivity contribution in [2.75, 3.05) is 13.7 Å². The van der Waals surface area contributed by atoms with Crippen molar-refractivity contribution in [3.8, 4) is 5.75 Å². The van der Waals surface area contributed by atoms with Crippen LogP contribution in [0.2, 0.25) is 0 Å². The number of para-hydroxylation sites is 1. The number of hydrogen-bond donors (Lipinski definition) is 1. The Balaban J connectivity index is 1.76. The summed E-state index contributed by atoms with van der Waals surface area (Å²) in [6, 6.07) is 24.3. The number of ether oxygens (including phenoxy) is 1. The third-order valence-electron chi connectivity index (χ3n) is 4.43. The number of carbonyl (C=O) groups is 1. The molecule has 0 aliphatic heterocycles. The van der Waals surface area contributed by atoms with Crippen molar-refractivity contribution in [1.29, 1.82) is 0 Å². The summed E-state index contributed by atoms with van der Waals surface area (Å²) in [6.07, 6.45) is 1.45. The van der Waals surface area contributed by atoms with Crippen LogP contribution in [0.1, 0.15) is 11.1 Å². The Morgan fingerprint density at radius 1 is 0.968 bits per heavy atom. The lowest BCUT2D eigenvalue weighted by Gasteiger charge is -2.21.